The highest BCUT2D eigenvalue weighted by Gasteiger charge is 2.17. The predicted molar refractivity (Wildman–Crippen MR) is 76.9 cm³/mol. The number of nitrogens with zero attached hydrogens (tertiary/aromatic N) is 1. The lowest BCUT2D eigenvalue weighted by Crippen LogP contribution is -2.24. The summed E-state index contributed by atoms with van der Waals surface area (Å²) in [4.78, 5) is 16.0. The molecule has 1 N–H and O–H groups in total. The molecule has 0 saturated heterocycles. The lowest BCUT2D eigenvalue weighted by atomic mass is 10.3. The van der Waals surface area contributed by atoms with Gasteiger partial charge < -0.3 is 9.73 Å². The van der Waals surface area contributed by atoms with Gasteiger partial charge in [-0.05, 0) is 30.7 Å². The maximum absolute atomic E-state index is 12.1. The highest BCUT2D eigenvalue weighted by molar-refractivity contribution is 7.99. The van der Waals surface area contributed by atoms with Gasteiger partial charge in [0.05, 0.1) is 17.3 Å². The van der Waals surface area contributed by atoms with Crippen LogP contribution in [0.25, 0.3) is 0 Å². The van der Waals surface area contributed by atoms with E-state index in [0.29, 0.717) is 5.75 Å². The Morgan fingerprint density at radius 1 is 1.42 bits per heavy atom. The third-order valence-corrected chi connectivity index (χ3v) is 4.02. The summed E-state index contributed by atoms with van der Waals surface area (Å²) in [5.74, 6) is 1.61. The fourth-order valence-corrected chi connectivity index (χ4v) is 2.59. The first-order valence-corrected chi connectivity index (χ1v) is 7.19. The molecule has 2 heterocycles. The Hall–Kier alpha value is -1.75. The van der Waals surface area contributed by atoms with Crippen molar-refractivity contribution in [3.8, 4) is 0 Å². The van der Waals surface area contributed by atoms with E-state index < -0.39 is 0 Å². The van der Waals surface area contributed by atoms with Crippen molar-refractivity contribution in [3.05, 3.63) is 48.7 Å². The summed E-state index contributed by atoms with van der Waals surface area (Å²) in [6, 6.07) is 7.33. The minimum Gasteiger partial charge on any atom is -0.468 e. The van der Waals surface area contributed by atoms with Gasteiger partial charge in [0, 0.05) is 18.1 Å². The lowest BCUT2D eigenvalue weighted by Gasteiger charge is -2.13. The molecule has 0 radical (unpaired) electrons. The van der Waals surface area contributed by atoms with Crippen LogP contribution in [-0.4, -0.2) is 16.1 Å². The molecule has 0 aliphatic carbocycles. The first kappa shape index (κ1) is 13.7. The second kappa shape index (κ2) is 6.99. The van der Waals surface area contributed by atoms with Crippen LogP contribution in [-0.2, 0) is 10.5 Å². The first-order chi connectivity index (χ1) is 9.29. The van der Waals surface area contributed by atoms with Crippen LogP contribution in [0.2, 0.25) is 0 Å². The monoisotopic (exact) mass is 276 g/mol. The maximum atomic E-state index is 12.1. The van der Waals surface area contributed by atoms with Gasteiger partial charge >= 0.3 is 0 Å². The summed E-state index contributed by atoms with van der Waals surface area (Å²) in [5.41, 5.74) is 0.775. The molecule has 5 heteroatoms. The zero-order valence-corrected chi connectivity index (χ0v) is 11.5. The second-order valence-electron chi connectivity index (χ2n) is 4.01. The van der Waals surface area contributed by atoms with Gasteiger partial charge in [-0.25, -0.2) is 0 Å². The van der Waals surface area contributed by atoms with Crippen molar-refractivity contribution in [3.63, 3.8) is 0 Å². The number of hydrogen-bond acceptors (Lipinski definition) is 4. The highest BCUT2D eigenvalue weighted by Crippen LogP contribution is 2.22. The Morgan fingerprint density at radius 3 is 2.84 bits per heavy atom. The van der Waals surface area contributed by atoms with E-state index in [1.807, 2.05) is 19.1 Å². The second-order valence-corrected chi connectivity index (χ2v) is 5.20. The predicted octanol–water partition coefficient (Wildman–Crippen LogP) is 3.33. The van der Waals surface area contributed by atoms with Crippen molar-refractivity contribution in [1.82, 2.24) is 4.98 Å². The molecule has 1 unspecified atom stereocenters. The Bertz CT molecular complexity index is 499. The van der Waals surface area contributed by atoms with Crippen molar-refractivity contribution < 1.29 is 9.21 Å². The van der Waals surface area contributed by atoms with Gasteiger partial charge in [-0.15, -0.1) is 11.8 Å². The fourth-order valence-electron chi connectivity index (χ4n) is 1.61. The average Bonchev–Trinajstić information content (AvgIpc) is 2.94. The van der Waals surface area contributed by atoms with Gasteiger partial charge in [0.1, 0.15) is 5.76 Å². The number of carbonyl (C=O) groups excluding carboxylic acids is 1. The quantitative estimate of drug-likeness (QED) is 0.879. The molecule has 0 aromatic carbocycles. The molecule has 0 aliphatic heterocycles. The molecule has 4 nitrogen and oxygen atoms in total. The summed E-state index contributed by atoms with van der Waals surface area (Å²) in [6.07, 6.45) is 5.75. The normalized spacial score (nSPS) is 12.1. The van der Waals surface area contributed by atoms with Gasteiger partial charge in [-0.3, -0.25) is 9.78 Å². The topological polar surface area (TPSA) is 55.1 Å². The van der Waals surface area contributed by atoms with E-state index in [9.17, 15) is 4.79 Å². The summed E-state index contributed by atoms with van der Waals surface area (Å²) in [6.45, 7) is 2.01. The van der Waals surface area contributed by atoms with Gasteiger partial charge in [0.2, 0.25) is 5.91 Å². The number of rotatable bonds is 6. The third-order valence-electron chi connectivity index (χ3n) is 2.62. The molecule has 0 saturated carbocycles. The largest absolute Gasteiger partial charge is 0.468 e. The molecule has 2 aromatic heterocycles. The molecule has 2 aromatic rings. The number of carbonyl (C=O) groups is 1. The number of amides is 1. The molecule has 0 bridgehead atoms. The molecule has 1 atom stereocenters. The maximum Gasteiger partial charge on any atom is 0.237 e. The number of furan rings is 1. The molecule has 2 rings (SSSR count). The Kier molecular flexibility index (Phi) is 5.03. The molecule has 0 aliphatic rings. The van der Waals surface area contributed by atoms with E-state index >= 15 is 0 Å². The molecule has 19 heavy (non-hydrogen) atoms. The SMILES string of the molecule is CCC(SCc1ccco1)C(=O)Nc1ccncc1. The zero-order valence-electron chi connectivity index (χ0n) is 10.7. The zero-order chi connectivity index (χ0) is 13.5. The standard InChI is InChI=1S/C14H16N2O2S/c1-2-13(19-10-12-4-3-9-18-12)14(17)16-11-5-7-15-8-6-11/h3-9,13H,2,10H2,1H3,(H,15,16,17). The Morgan fingerprint density at radius 2 is 2.21 bits per heavy atom. The van der Waals surface area contributed by atoms with Crippen molar-refractivity contribution in [1.29, 1.82) is 0 Å². The van der Waals surface area contributed by atoms with Crippen LogP contribution in [0, 0.1) is 0 Å². The third kappa shape index (κ3) is 4.13. The summed E-state index contributed by atoms with van der Waals surface area (Å²) in [5, 5.41) is 2.81. The minimum atomic E-state index is -0.0849. The molecular formula is C14H16N2O2S. The van der Waals surface area contributed by atoms with Crippen LogP contribution in [0.3, 0.4) is 0 Å². The molecule has 0 fully saturated rings. The molecular weight excluding hydrogens is 260 g/mol. The summed E-state index contributed by atoms with van der Waals surface area (Å²) >= 11 is 1.59. The Labute approximate surface area is 116 Å². The summed E-state index contributed by atoms with van der Waals surface area (Å²) in [7, 11) is 0. The van der Waals surface area contributed by atoms with Gasteiger partial charge in [-0.1, -0.05) is 6.92 Å². The van der Waals surface area contributed by atoms with Crippen LogP contribution >= 0.6 is 11.8 Å². The van der Waals surface area contributed by atoms with E-state index in [4.69, 9.17) is 4.42 Å². The molecule has 1 amide bonds. The Balaban J connectivity index is 1.88. The number of anilines is 1. The van der Waals surface area contributed by atoms with Crippen LogP contribution in [0.4, 0.5) is 5.69 Å². The van der Waals surface area contributed by atoms with E-state index in [1.54, 1.807) is 42.6 Å². The van der Waals surface area contributed by atoms with Crippen LogP contribution < -0.4 is 5.32 Å². The van der Waals surface area contributed by atoms with Crippen LogP contribution in [0.15, 0.2) is 47.3 Å². The molecule has 0 spiro atoms. The molecule has 100 valence electrons. The van der Waals surface area contributed by atoms with Crippen LogP contribution in [0.1, 0.15) is 19.1 Å². The summed E-state index contributed by atoms with van der Waals surface area (Å²) < 4.78 is 5.27. The first-order valence-electron chi connectivity index (χ1n) is 6.14. The average molecular weight is 276 g/mol. The highest BCUT2D eigenvalue weighted by atomic mass is 32.2. The minimum absolute atomic E-state index is 0.0188. The number of aromatic nitrogens is 1. The van der Waals surface area contributed by atoms with E-state index in [1.165, 1.54) is 0 Å². The number of nitrogens with one attached hydrogen (secondary N) is 1. The van der Waals surface area contributed by atoms with Crippen molar-refractivity contribution in [2.75, 3.05) is 5.32 Å². The van der Waals surface area contributed by atoms with E-state index in [0.717, 1.165) is 17.9 Å². The number of thioether (sulfide) groups is 1. The fraction of sp³-hybridized carbons (Fsp3) is 0.286. The number of pyridine rings is 1. The van der Waals surface area contributed by atoms with Gasteiger partial charge in [-0.2, -0.15) is 0 Å². The smallest absolute Gasteiger partial charge is 0.237 e. The van der Waals surface area contributed by atoms with Crippen molar-refractivity contribution in [2.45, 2.75) is 24.3 Å². The van der Waals surface area contributed by atoms with Crippen LogP contribution in [0.5, 0.6) is 0 Å². The van der Waals surface area contributed by atoms with Crippen molar-refractivity contribution in [2.24, 2.45) is 0 Å². The van der Waals surface area contributed by atoms with E-state index in [2.05, 4.69) is 10.3 Å². The number of hydrogen-bond donors (Lipinski definition) is 1. The van der Waals surface area contributed by atoms with Gasteiger partial charge in [0.15, 0.2) is 0 Å². The van der Waals surface area contributed by atoms with E-state index in [-0.39, 0.29) is 11.2 Å². The lowest BCUT2D eigenvalue weighted by molar-refractivity contribution is -0.115. The van der Waals surface area contributed by atoms with Crippen molar-refractivity contribution >= 4 is 23.4 Å². The van der Waals surface area contributed by atoms with Gasteiger partial charge in [0.25, 0.3) is 0 Å².